The van der Waals surface area contributed by atoms with Crippen molar-refractivity contribution < 1.29 is 17.9 Å². The Morgan fingerprint density at radius 3 is 2.43 bits per heavy atom. The number of hydrogen-bond acceptors (Lipinski definition) is 4. The summed E-state index contributed by atoms with van der Waals surface area (Å²) in [6, 6.07) is 5.46. The summed E-state index contributed by atoms with van der Waals surface area (Å²) in [5, 5.41) is 9.60. The summed E-state index contributed by atoms with van der Waals surface area (Å²) in [4.78, 5) is 2.05. The van der Waals surface area contributed by atoms with Crippen molar-refractivity contribution in [1.29, 1.82) is 0 Å². The SMILES string of the molecule is O=S(=O)(c1ccccc1F)N1C[C@@H](CN2CCCC2)[C@@H](CO)C1. The predicted octanol–water partition coefficient (Wildman–Crippen LogP) is 1.15. The summed E-state index contributed by atoms with van der Waals surface area (Å²) in [5.41, 5.74) is 0. The summed E-state index contributed by atoms with van der Waals surface area (Å²) >= 11 is 0. The molecule has 2 heterocycles. The highest BCUT2D eigenvalue weighted by molar-refractivity contribution is 7.89. The van der Waals surface area contributed by atoms with E-state index in [0.29, 0.717) is 6.54 Å². The highest BCUT2D eigenvalue weighted by Crippen LogP contribution is 2.30. The molecule has 1 N–H and O–H groups in total. The van der Waals surface area contributed by atoms with E-state index in [1.165, 1.54) is 35.3 Å². The van der Waals surface area contributed by atoms with Crippen LogP contribution < -0.4 is 0 Å². The number of sulfonamides is 1. The highest BCUT2D eigenvalue weighted by atomic mass is 32.2. The van der Waals surface area contributed by atoms with Gasteiger partial charge in [0.15, 0.2) is 0 Å². The highest BCUT2D eigenvalue weighted by Gasteiger charge is 2.40. The first-order chi connectivity index (χ1) is 11.0. The van der Waals surface area contributed by atoms with E-state index in [2.05, 4.69) is 4.90 Å². The standard InChI is InChI=1S/C16H23FN2O3S/c17-15-5-1-2-6-16(15)23(21,22)19-10-13(14(11-19)12-20)9-18-7-3-4-8-18/h1-2,5-6,13-14,20H,3-4,7-12H2/t13-,14-/m1/s1. The van der Waals surface area contributed by atoms with Crippen molar-refractivity contribution in [2.75, 3.05) is 39.3 Å². The summed E-state index contributed by atoms with van der Waals surface area (Å²) in [5.74, 6) is -0.715. The third-order valence-electron chi connectivity index (χ3n) is 4.92. The minimum atomic E-state index is -3.85. The molecule has 2 saturated heterocycles. The molecule has 0 amide bonds. The van der Waals surface area contributed by atoms with Crippen molar-refractivity contribution in [2.45, 2.75) is 17.7 Å². The minimum absolute atomic E-state index is 0.0399. The molecule has 3 rings (SSSR count). The van der Waals surface area contributed by atoms with Crippen LogP contribution in [0.3, 0.4) is 0 Å². The number of halogens is 1. The second-order valence-electron chi connectivity index (χ2n) is 6.46. The average molecular weight is 342 g/mol. The Labute approximate surface area is 136 Å². The minimum Gasteiger partial charge on any atom is -0.396 e. The number of hydrogen-bond donors (Lipinski definition) is 1. The van der Waals surface area contributed by atoms with Crippen LogP contribution >= 0.6 is 0 Å². The largest absolute Gasteiger partial charge is 0.396 e. The maximum Gasteiger partial charge on any atom is 0.246 e. The van der Waals surface area contributed by atoms with Gasteiger partial charge in [0.1, 0.15) is 10.7 Å². The van der Waals surface area contributed by atoms with Crippen molar-refractivity contribution in [3.05, 3.63) is 30.1 Å². The maximum atomic E-state index is 13.9. The summed E-state index contributed by atoms with van der Waals surface area (Å²) < 4.78 is 40.6. The monoisotopic (exact) mass is 342 g/mol. The molecular formula is C16H23FN2O3S. The zero-order valence-electron chi connectivity index (χ0n) is 13.1. The van der Waals surface area contributed by atoms with Gasteiger partial charge in [-0.15, -0.1) is 0 Å². The molecule has 2 fully saturated rings. The van der Waals surface area contributed by atoms with Crippen molar-refractivity contribution >= 4 is 10.0 Å². The first kappa shape index (κ1) is 16.8. The van der Waals surface area contributed by atoms with Crippen LogP contribution in [0.15, 0.2) is 29.2 Å². The van der Waals surface area contributed by atoms with Gasteiger partial charge in [-0.1, -0.05) is 12.1 Å². The van der Waals surface area contributed by atoms with E-state index in [4.69, 9.17) is 0 Å². The lowest BCUT2D eigenvalue weighted by atomic mass is 9.96. The predicted molar refractivity (Wildman–Crippen MR) is 84.9 cm³/mol. The zero-order chi connectivity index (χ0) is 16.4. The molecule has 0 spiro atoms. The van der Waals surface area contributed by atoms with E-state index in [1.54, 1.807) is 0 Å². The van der Waals surface area contributed by atoms with Crippen LogP contribution in [0.5, 0.6) is 0 Å². The van der Waals surface area contributed by atoms with Gasteiger partial charge >= 0.3 is 0 Å². The van der Waals surface area contributed by atoms with Gasteiger partial charge in [0, 0.05) is 32.2 Å². The molecule has 0 saturated carbocycles. The van der Waals surface area contributed by atoms with Crippen LogP contribution in [0.1, 0.15) is 12.8 Å². The molecule has 1 aromatic carbocycles. The van der Waals surface area contributed by atoms with Gasteiger partial charge in [-0.3, -0.25) is 0 Å². The molecule has 0 unspecified atom stereocenters. The molecule has 23 heavy (non-hydrogen) atoms. The quantitative estimate of drug-likeness (QED) is 0.872. The lowest BCUT2D eigenvalue weighted by Gasteiger charge is -2.23. The third kappa shape index (κ3) is 3.42. The van der Waals surface area contributed by atoms with Gasteiger partial charge in [-0.25, -0.2) is 12.8 Å². The first-order valence-corrected chi connectivity index (χ1v) is 9.54. The Bertz CT molecular complexity index is 646. The average Bonchev–Trinajstić information content (AvgIpc) is 3.17. The van der Waals surface area contributed by atoms with E-state index in [0.717, 1.165) is 25.7 Å². The second-order valence-corrected chi connectivity index (χ2v) is 8.37. The normalized spacial score (nSPS) is 26.9. The van der Waals surface area contributed by atoms with Gasteiger partial charge in [0.25, 0.3) is 0 Å². The smallest absolute Gasteiger partial charge is 0.246 e. The lowest BCUT2D eigenvalue weighted by molar-refractivity contribution is 0.176. The fraction of sp³-hybridized carbons (Fsp3) is 0.625. The maximum absolute atomic E-state index is 13.9. The summed E-state index contributed by atoms with van der Waals surface area (Å²) in [6.07, 6.45) is 2.35. The topological polar surface area (TPSA) is 60.9 Å². The third-order valence-corrected chi connectivity index (χ3v) is 6.79. The molecule has 1 aromatic rings. The Hall–Kier alpha value is -1.02. The molecule has 2 atom stereocenters. The molecule has 0 bridgehead atoms. The van der Waals surface area contributed by atoms with E-state index >= 15 is 0 Å². The van der Waals surface area contributed by atoms with Crippen LogP contribution in [0.2, 0.25) is 0 Å². The Morgan fingerprint density at radius 2 is 1.78 bits per heavy atom. The fourth-order valence-corrected chi connectivity index (χ4v) is 5.21. The molecule has 128 valence electrons. The number of likely N-dealkylation sites (tertiary alicyclic amines) is 1. The van der Waals surface area contributed by atoms with Gasteiger partial charge in [-0.05, 0) is 44.0 Å². The Morgan fingerprint density at radius 1 is 1.13 bits per heavy atom. The van der Waals surface area contributed by atoms with Crippen LogP contribution in [0.25, 0.3) is 0 Å². The molecule has 5 nitrogen and oxygen atoms in total. The van der Waals surface area contributed by atoms with Crippen LogP contribution in [-0.2, 0) is 10.0 Å². The van der Waals surface area contributed by atoms with E-state index < -0.39 is 15.8 Å². The van der Waals surface area contributed by atoms with E-state index in [1.807, 2.05) is 0 Å². The molecule has 0 aromatic heterocycles. The Kier molecular flexibility index (Phi) is 5.01. The molecule has 0 aliphatic carbocycles. The second kappa shape index (κ2) is 6.84. The number of nitrogens with zero attached hydrogens (tertiary/aromatic N) is 2. The zero-order valence-corrected chi connectivity index (χ0v) is 13.9. The molecule has 2 aliphatic heterocycles. The number of benzene rings is 1. The van der Waals surface area contributed by atoms with Crippen molar-refractivity contribution in [1.82, 2.24) is 9.21 Å². The van der Waals surface area contributed by atoms with Gasteiger partial charge in [-0.2, -0.15) is 4.31 Å². The summed E-state index contributed by atoms with van der Waals surface area (Å²) in [6.45, 7) is 3.43. The van der Waals surface area contributed by atoms with E-state index in [-0.39, 0.29) is 29.9 Å². The first-order valence-electron chi connectivity index (χ1n) is 8.10. The van der Waals surface area contributed by atoms with Crippen molar-refractivity contribution in [3.8, 4) is 0 Å². The summed E-state index contributed by atoms with van der Waals surface area (Å²) in [7, 11) is -3.85. The van der Waals surface area contributed by atoms with Crippen molar-refractivity contribution in [3.63, 3.8) is 0 Å². The van der Waals surface area contributed by atoms with Crippen LogP contribution in [0.4, 0.5) is 4.39 Å². The van der Waals surface area contributed by atoms with Gasteiger partial charge in [0.05, 0.1) is 0 Å². The fourth-order valence-electron chi connectivity index (χ4n) is 3.60. The van der Waals surface area contributed by atoms with Crippen LogP contribution in [-0.4, -0.2) is 62.1 Å². The number of aliphatic hydroxyl groups is 1. The van der Waals surface area contributed by atoms with Gasteiger partial charge < -0.3 is 10.0 Å². The van der Waals surface area contributed by atoms with E-state index in [9.17, 15) is 17.9 Å². The van der Waals surface area contributed by atoms with Crippen LogP contribution in [0, 0.1) is 17.7 Å². The Balaban J connectivity index is 1.77. The molecule has 7 heteroatoms. The molecule has 0 radical (unpaired) electrons. The van der Waals surface area contributed by atoms with Gasteiger partial charge in [0.2, 0.25) is 10.0 Å². The lowest BCUT2D eigenvalue weighted by Crippen LogP contribution is -2.33. The molecule has 2 aliphatic rings. The number of aliphatic hydroxyl groups excluding tert-OH is 1. The van der Waals surface area contributed by atoms with Crippen molar-refractivity contribution in [2.24, 2.45) is 11.8 Å². The number of rotatable bonds is 5. The molecular weight excluding hydrogens is 319 g/mol.